The van der Waals surface area contributed by atoms with Gasteiger partial charge in [0, 0.05) is 36.2 Å². The van der Waals surface area contributed by atoms with E-state index in [1.54, 1.807) is 0 Å². The molecule has 0 nitrogen and oxygen atoms in total. The first-order valence-electron chi connectivity index (χ1n) is 7.82. The summed E-state index contributed by atoms with van der Waals surface area (Å²) in [5, 5.41) is 3.45. The number of fused-ring (bicyclic) bond motifs is 7. The Morgan fingerprint density at radius 3 is 2.52 bits per heavy atom. The van der Waals surface area contributed by atoms with E-state index < -0.39 is 0 Å². The Morgan fingerprint density at radius 2 is 1.65 bits per heavy atom. The number of halogens is 1. The van der Waals surface area contributed by atoms with Crippen LogP contribution in [-0.4, -0.2) is 0 Å². The molecule has 1 aromatic heterocycles. The Labute approximate surface area is 144 Å². The Balaban J connectivity index is 1.99. The van der Waals surface area contributed by atoms with E-state index in [4.69, 9.17) is 11.6 Å². The second-order valence-corrected chi connectivity index (χ2v) is 8.27. The van der Waals surface area contributed by atoms with E-state index in [0.717, 1.165) is 5.02 Å². The molecule has 0 radical (unpaired) electrons. The highest BCUT2D eigenvalue weighted by Gasteiger charge is 2.36. The molecule has 5 rings (SSSR count). The predicted octanol–water partition coefficient (Wildman–Crippen LogP) is 7.01. The monoisotopic (exact) mass is 334 g/mol. The SMILES string of the molecule is CC1(C)c2ccccc2-c2c1ccc1c2sc2cc(Cl)ccc21. The summed E-state index contributed by atoms with van der Waals surface area (Å²) in [5.74, 6) is 0. The van der Waals surface area contributed by atoms with Crippen LogP contribution in [0.4, 0.5) is 0 Å². The number of thiophene rings is 1. The Bertz CT molecular complexity index is 1100. The van der Waals surface area contributed by atoms with E-state index in [9.17, 15) is 0 Å². The average Bonchev–Trinajstić information content (AvgIpc) is 3.01. The van der Waals surface area contributed by atoms with Crippen LogP contribution in [-0.2, 0) is 5.41 Å². The van der Waals surface area contributed by atoms with Gasteiger partial charge in [-0.15, -0.1) is 11.3 Å². The highest BCUT2D eigenvalue weighted by molar-refractivity contribution is 7.26. The average molecular weight is 335 g/mol. The summed E-state index contributed by atoms with van der Waals surface area (Å²) >= 11 is 8.06. The standard InChI is InChI=1S/C21H15ClS/c1-21(2)16-6-4-3-5-15(16)19-17(21)10-9-14-13-8-7-12(22)11-18(13)23-20(14)19/h3-11H,1-2H3. The summed E-state index contributed by atoms with van der Waals surface area (Å²) in [4.78, 5) is 0. The first kappa shape index (κ1) is 13.6. The normalized spacial score (nSPS) is 15.1. The molecule has 2 heteroatoms. The van der Waals surface area contributed by atoms with Crippen molar-refractivity contribution in [2.75, 3.05) is 0 Å². The van der Waals surface area contributed by atoms with Crippen molar-refractivity contribution in [1.29, 1.82) is 0 Å². The van der Waals surface area contributed by atoms with Gasteiger partial charge in [0.15, 0.2) is 0 Å². The molecule has 1 heterocycles. The maximum Gasteiger partial charge on any atom is 0.0437 e. The van der Waals surface area contributed by atoms with Gasteiger partial charge in [0.05, 0.1) is 0 Å². The highest BCUT2D eigenvalue weighted by Crippen LogP contribution is 2.53. The van der Waals surface area contributed by atoms with E-state index in [-0.39, 0.29) is 5.41 Å². The minimum absolute atomic E-state index is 0.0634. The van der Waals surface area contributed by atoms with Gasteiger partial charge >= 0.3 is 0 Å². The van der Waals surface area contributed by atoms with Crippen molar-refractivity contribution in [1.82, 2.24) is 0 Å². The summed E-state index contributed by atoms with van der Waals surface area (Å²) in [6, 6.07) is 19.6. The molecule has 4 aromatic rings. The van der Waals surface area contributed by atoms with E-state index >= 15 is 0 Å². The fraction of sp³-hybridized carbons (Fsp3) is 0.143. The molecule has 0 unspecified atom stereocenters. The third-order valence-corrected chi connectivity index (χ3v) is 6.57. The first-order valence-corrected chi connectivity index (χ1v) is 9.02. The molecule has 3 aromatic carbocycles. The van der Waals surface area contributed by atoms with Gasteiger partial charge in [-0.05, 0) is 28.8 Å². The zero-order valence-corrected chi connectivity index (χ0v) is 14.6. The summed E-state index contributed by atoms with van der Waals surface area (Å²) in [7, 11) is 0. The minimum Gasteiger partial charge on any atom is -0.134 e. The highest BCUT2D eigenvalue weighted by atomic mass is 35.5. The van der Waals surface area contributed by atoms with Crippen molar-refractivity contribution in [2.45, 2.75) is 19.3 Å². The molecule has 1 aliphatic carbocycles. The van der Waals surface area contributed by atoms with Crippen molar-refractivity contribution in [2.24, 2.45) is 0 Å². The zero-order valence-electron chi connectivity index (χ0n) is 13.0. The van der Waals surface area contributed by atoms with E-state index in [0.29, 0.717) is 0 Å². The van der Waals surface area contributed by atoms with Gasteiger partial charge in [-0.25, -0.2) is 0 Å². The zero-order chi connectivity index (χ0) is 15.8. The van der Waals surface area contributed by atoms with Crippen molar-refractivity contribution in [3.63, 3.8) is 0 Å². The van der Waals surface area contributed by atoms with Gasteiger partial charge in [0.2, 0.25) is 0 Å². The molecule has 1 aliphatic rings. The number of benzene rings is 3. The van der Waals surface area contributed by atoms with Crippen LogP contribution < -0.4 is 0 Å². The lowest BCUT2D eigenvalue weighted by molar-refractivity contribution is 0.661. The fourth-order valence-electron chi connectivity index (χ4n) is 3.99. The summed E-state index contributed by atoms with van der Waals surface area (Å²) in [5.41, 5.74) is 5.73. The van der Waals surface area contributed by atoms with Gasteiger partial charge in [-0.2, -0.15) is 0 Å². The Hall–Kier alpha value is -1.83. The van der Waals surface area contributed by atoms with Gasteiger partial charge in [0.25, 0.3) is 0 Å². The van der Waals surface area contributed by atoms with Crippen LogP contribution in [0.5, 0.6) is 0 Å². The molecule has 0 saturated heterocycles. The van der Waals surface area contributed by atoms with Crippen LogP contribution in [0.15, 0.2) is 54.6 Å². The van der Waals surface area contributed by atoms with E-state index in [1.165, 1.54) is 42.4 Å². The molecule has 112 valence electrons. The first-order chi connectivity index (χ1) is 11.1. The smallest absolute Gasteiger partial charge is 0.0437 e. The molecular weight excluding hydrogens is 320 g/mol. The molecule has 0 bridgehead atoms. The van der Waals surface area contributed by atoms with Crippen LogP contribution in [0.3, 0.4) is 0 Å². The lowest BCUT2D eigenvalue weighted by atomic mass is 9.82. The molecule has 0 N–H and O–H groups in total. The van der Waals surface area contributed by atoms with Crippen molar-refractivity contribution in [3.05, 3.63) is 70.7 Å². The Kier molecular flexibility index (Phi) is 2.58. The van der Waals surface area contributed by atoms with E-state index in [2.05, 4.69) is 62.4 Å². The van der Waals surface area contributed by atoms with Crippen molar-refractivity contribution in [3.8, 4) is 11.1 Å². The van der Waals surface area contributed by atoms with Crippen molar-refractivity contribution >= 4 is 43.1 Å². The lowest BCUT2D eigenvalue weighted by Crippen LogP contribution is -2.14. The lowest BCUT2D eigenvalue weighted by Gasteiger charge is -2.21. The summed E-state index contributed by atoms with van der Waals surface area (Å²) in [6.45, 7) is 4.65. The molecule has 0 atom stereocenters. The molecule has 0 spiro atoms. The Morgan fingerprint density at radius 1 is 0.870 bits per heavy atom. The molecule has 0 fully saturated rings. The largest absolute Gasteiger partial charge is 0.134 e. The molecule has 0 amide bonds. The second kappa shape index (κ2) is 4.37. The topological polar surface area (TPSA) is 0 Å². The molecule has 23 heavy (non-hydrogen) atoms. The second-order valence-electron chi connectivity index (χ2n) is 6.78. The van der Waals surface area contributed by atoms with Crippen LogP contribution in [0.2, 0.25) is 5.02 Å². The minimum atomic E-state index is 0.0634. The van der Waals surface area contributed by atoms with Gasteiger partial charge in [-0.1, -0.05) is 67.9 Å². The van der Waals surface area contributed by atoms with E-state index in [1.807, 2.05) is 17.4 Å². The van der Waals surface area contributed by atoms with Gasteiger partial charge < -0.3 is 0 Å². The molecule has 0 aliphatic heterocycles. The number of hydrogen-bond donors (Lipinski definition) is 0. The number of rotatable bonds is 0. The maximum atomic E-state index is 6.20. The van der Waals surface area contributed by atoms with Gasteiger partial charge in [-0.3, -0.25) is 0 Å². The van der Waals surface area contributed by atoms with Crippen molar-refractivity contribution < 1.29 is 0 Å². The quantitative estimate of drug-likeness (QED) is 0.324. The maximum absolute atomic E-state index is 6.20. The number of hydrogen-bond acceptors (Lipinski definition) is 1. The van der Waals surface area contributed by atoms with Gasteiger partial charge in [0.1, 0.15) is 0 Å². The van der Waals surface area contributed by atoms with Crippen LogP contribution in [0.25, 0.3) is 31.3 Å². The van der Waals surface area contributed by atoms with Crippen LogP contribution >= 0.6 is 22.9 Å². The fourth-order valence-corrected chi connectivity index (χ4v) is 5.53. The molecule has 0 saturated carbocycles. The summed E-state index contributed by atoms with van der Waals surface area (Å²) in [6.07, 6.45) is 0. The van der Waals surface area contributed by atoms with Crippen LogP contribution in [0, 0.1) is 0 Å². The third-order valence-electron chi connectivity index (χ3n) is 5.15. The third kappa shape index (κ3) is 1.67. The van der Waals surface area contributed by atoms with Crippen LogP contribution in [0.1, 0.15) is 25.0 Å². The molecular formula is C21H15ClS. The summed E-state index contributed by atoms with van der Waals surface area (Å²) < 4.78 is 2.65. The predicted molar refractivity (Wildman–Crippen MR) is 102 cm³/mol.